The molecule has 0 heterocycles. The lowest BCUT2D eigenvalue weighted by Crippen LogP contribution is -2.43. The molecule has 24 heavy (non-hydrogen) atoms. The number of rotatable bonds is 9. The fourth-order valence-electron chi connectivity index (χ4n) is 3.13. The monoisotopic (exact) mass is 333 g/mol. The van der Waals surface area contributed by atoms with E-state index >= 15 is 0 Å². The fourth-order valence-corrected chi connectivity index (χ4v) is 3.13. The Kier molecular flexibility index (Phi) is 7.10. The number of anilines is 1. The van der Waals surface area contributed by atoms with Crippen molar-refractivity contribution in [3.05, 3.63) is 24.3 Å². The van der Waals surface area contributed by atoms with E-state index in [9.17, 15) is 4.79 Å². The van der Waals surface area contributed by atoms with Gasteiger partial charge in [0.1, 0.15) is 11.4 Å². The van der Waals surface area contributed by atoms with Gasteiger partial charge in [-0.1, -0.05) is 20.3 Å². The number of carbonyl (C=O) groups is 1. The van der Waals surface area contributed by atoms with Crippen molar-refractivity contribution in [2.75, 3.05) is 11.9 Å². The van der Waals surface area contributed by atoms with Crippen LogP contribution in [-0.2, 0) is 9.53 Å². The van der Waals surface area contributed by atoms with E-state index in [1.165, 1.54) is 12.8 Å². The maximum atomic E-state index is 12.6. The Bertz CT molecular complexity index is 508. The van der Waals surface area contributed by atoms with Crippen LogP contribution >= 0.6 is 0 Å². The Labute approximate surface area is 145 Å². The first-order valence-corrected chi connectivity index (χ1v) is 9.29. The third kappa shape index (κ3) is 5.23. The molecule has 1 aliphatic rings. The molecular weight excluding hydrogens is 302 g/mol. The number of hydrogen-bond acceptors (Lipinski definition) is 3. The molecule has 2 rings (SSSR count). The van der Waals surface area contributed by atoms with E-state index in [1.807, 2.05) is 38.1 Å². The lowest BCUT2D eigenvalue weighted by atomic mass is 9.99. The molecule has 1 amide bonds. The minimum atomic E-state index is -0.774. The van der Waals surface area contributed by atoms with Crippen molar-refractivity contribution in [2.45, 2.75) is 77.4 Å². The maximum absolute atomic E-state index is 12.6. The molecule has 1 N–H and O–H groups in total. The van der Waals surface area contributed by atoms with Crippen molar-refractivity contribution in [3.63, 3.8) is 0 Å². The molecule has 1 saturated carbocycles. The number of nitrogens with one attached hydrogen (secondary N) is 1. The Morgan fingerprint density at radius 2 is 1.83 bits per heavy atom. The van der Waals surface area contributed by atoms with Crippen LogP contribution in [0.2, 0.25) is 0 Å². The predicted octanol–water partition coefficient (Wildman–Crippen LogP) is 4.93. The predicted molar refractivity (Wildman–Crippen MR) is 97.5 cm³/mol. The van der Waals surface area contributed by atoms with Gasteiger partial charge in [-0.2, -0.15) is 0 Å². The largest absolute Gasteiger partial charge is 0.490 e. The standard InChI is InChI=1S/C20H31NO3/c1-4-14-20(3,23-15-5-2)19(22)21-16-10-12-18(13-11-16)24-17-8-6-7-9-17/h10-13,17H,4-9,14-15H2,1-3H3,(H,21,22)/t20-/m1/s1. The summed E-state index contributed by atoms with van der Waals surface area (Å²) in [5.41, 5.74) is 0.00486. The van der Waals surface area contributed by atoms with Crippen molar-refractivity contribution in [1.82, 2.24) is 0 Å². The summed E-state index contributed by atoms with van der Waals surface area (Å²) in [6.45, 7) is 6.58. The Morgan fingerprint density at radius 3 is 2.42 bits per heavy atom. The molecule has 0 saturated heterocycles. The lowest BCUT2D eigenvalue weighted by Gasteiger charge is -2.28. The van der Waals surface area contributed by atoms with Gasteiger partial charge in [0.05, 0.1) is 6.10 Å². The molecule has 1 fully saturated rings. The van der Waals surface area contributed by atoms with Gasteiger partial charge >= 0.3 is 0 Å². The Morgan fingerprint density at radius 1 is 1.17 bits per heavy atom. The molecule has 134 valence electrons. The van der Waals surface area contributed by atoms with Crippen LogP contribution < -0.4 is 10.1 Å². The maximum Gasteiger partial charge on any atom is 0.256 e. The zero-order chi connectivity index (χ0) is 17.4. The molecule has 0 unspecified atom stereocenters. The molecule has 0 aromatic heterocycles. The second kappa shape index (κ2) is 9.07. The topological polar surface area (TPSA) is 47.6 Å². The summed E-state index contributed by atoms with van der Waals surface area (Å²) in [6.07, 6.45) is 7.66. The summed E-state index contributed by atoms with van der Waals surface area (Å²) in [5, 5.41) is 2.98. The molecule has 0 spiro atoms. The highest BCUT2D eigenvalue weighted by atomic mass is 16.5. The minimum absolute atomic E-state index is 0.0812. The van der Waals surface area contributed by atoms with Gasteiger partial charge in [-0.05, 0) is 69.7 Å². The van der Waals surface area contributed by atoms with Gasteiger partial charge in [-0.25, -0.2) is 0 Å². The molecule has 1 aliphatic carbocycles. The second-order valence-electron chi connectivity index (χ2n) is 6.83. The van der Waals surface area contributed by atoms with E-state index in [-0.39, 0.29) is 5.91 Å². The van der Waals surface area contributed by atoms with Crippen molar-refractivity contribution in [3.8, 4) is 5.75 Å². The minimum Gasteiger partial charge on any atom is -0.490 e. The first kappa shape index (κ1) is 18.8. The van der Waals surface area contributed by atoms with Crippen LogP contribution in [0.5, 0.6) is 5.75 Å². The van der Waals surface area contributed by atoms with Crippen molar-refractivity contribution < 1.29 is 14.3 Å². The van der Waals surface area contributed by atoms with Crippen molar-refractivity contribution >= 4 is 11.6 Å². The van der Waals surface area contributed by atoms with Crippen LogP contribution in [-0.4, -0.2) is 24.2 Å². The van der Waals surface area contributed by atoms with E-state index in [0.717, 1.165) is 37.1 Å². The van der Waals surface area contributed by atoms with Gasteiger partial charge in [0.25, 0.3) is 5.91 Å². The average molecular weight is 333 g/mol. The van der Waals surface area contributed by atoms with Crippen LogP contribution in [0.4, 0.5) is 5.69 Å². The van der Waals surface area contributed by atoms with Gasteiger partial charge < -0.3 is 14.8 Å². The molecule has 0 bridgehead atoms. The molecule has 4 nitrogen and oxygen atoms in total. The van der Waals surface area contributed by atoms with Crippen molar-refractivity contribution in [2.24, 2.45) is 0 Å². The highest BCUT2D eigenvalue weighted by Crippen LogP contribution is 2.26. The third-order valence-electron chi connectivity index (χ3n) is 4.55. The fraction of sp³-hybridized carbons (Fsp3) is 0.650. The second-order valence-corrected chi connectivity index (χ2v) is 6.83. The number of amides is 1. The van der Waals surface area contributed by atoms with Gasteiger partial charge in [-0.3, -0.25) is 4.79 Å². The molecular formula is C20H31NO3. The van der Waals surface area contributed by atoms with E-state index in [2.05, 4.69) is 12.2 Å². The van der Waals surface area contributed by atoms with Gasteiger partial charge in [0.15, 0.2) is 0 Å². The normalized spacial score (nSPS) is 17.5. The van der Waals surface area contributed by atoms with E-state index < -0.39 is 5.60 Å². The quantitative estimate of drug-likeness (QED) is 0.697. The first-order chi connectivity index (χ1) is 11.6. The van der Waals surface area contributed by atoms with Crippen LogP contribution in [0.3, 0.4) is 0 Å². The smallest absolute Gasteiger partial charge is 0.256 e. The lowest BCUT2D eigenvalue weighted by molar-refractivity contribution is -0.140. The van der Waals surface area contributed by atoms with E-state index in [0.29, 0.717) is 19.1 Å². The summed E-state index contributed by atoms with van der Waals surface area (Å²) in [4.78, 5) is 12.6. The van der Waals surface area contributed by atoms with Crippen LogP contribution in [0.25, 0.3) is 0 Å². The van der Waals surface area contributed by atoms with Crippen LogP contribution in [0, 0.1) is 0 Å². The molecule has 1 atom stereocenters. The van der Waals surface area contributed by atoms with Gasteiger partial charge in [0.2, 0.25) is 0 Å². The number of benzene rings is 1. The number of carbonyl (C=O) groups excluding carboxylic acids is 1. The molecule has 0 aliphatic heterocycles. The van der Waals surface area contributed by atoms with Crippen LogP contribution in [0.1, 0.15) is 65.7 Å². The van der Waals surface area contributed by atoms with Gasteiger partial charge in [-0.15, -0.1) is 0 Å². The summed E-state index contributed by atoms with van der Waals surface area (Å²) in [7, 11) is 0. The summed E-state index contributed by atoms with van der Waals surface area (Å²) in [6, 6.07) is 7.65. The van der Waals surface area contributed by atoms with Gasteiger partial charge in [0, 0.05) is 12.3 Å². The highest BCUT2D eigenvalue weighted by molar-refractivity contribution is 5.97. The number of hydrogen-bond donors (Lipinski definition) is 1. The van der Waals surface area contributed by atoms with Crippen LogP contribution in [0.15, 0.2) is 24.3 Å². The summed E-state index contributed by atoms with van der Waals surface area (Å²) < 4.78 is 11.8. The Hall–Kier alpha value is -1.55. The summed E-state index contributed by atoms with van der Waals surface area (Å²) >= 11 is 0. The zero-order valence-electron chi connectivity index (χ0n) is 15.3. The molecule has 1 aromatic rings. The number of ether oxygens (including phenoxy) is 2. The molecule has 0 radical (unpaired) electrons. The average Bonchev–Trinajstić information content (AvgIpc) is 3.08. The SMILES string of the molecule is CCCO[C@](C)(CCC)C(=O)Nc1ccc(OC2CCCC2)cc1. The molecule has 4 heteroatoms. The zero-order valence-corrected chi connectivity index (χ0v) is 15.3. The first-order valence-electron chi connectivity index (χ1n) is 9.29. The van der Waals surface area contributed by atoms with E-state index in [4.69, 9.17) is 9.47 Å². The van der Waals surface area contributed by atoms with Crippen molar-refractivity contribution in [1.29, 1.82) is 0 Å². The van der Waals surface area contributed by atoms with E-state index in [1.54, 1.807) is 0 Å². The highest BCUT2D eigenvalue weighted by Gasteiger charge is 2.33. The Balaban J connectivity index is 1.94. The third-order valence-corrected chi connectivity index (χ3v) is 4.55. The summed E-state index contributed by atoms with van der Waals surface area (Å²) in [5.74, 6) is 0.792. The molecule has 1 aromatic carbocycles.